The lowest BCUT2D eigenvalue weighted by molar-refractivity contribution is -0.139. The summed E-state index contributed by atoms with van der Waals surface area (Å²) in [6.07, 6.45) is 1.88. The van der Waals surface area contributed by atoms with E-state index in [1.54, 1.807) is 0 Å². The normalized spacial score (nSPS) is 27.2. The molecule has 1 fully saturated rings. The van der Waals surface area contributed by atoms with Gasteiger partial charge < -0.3 is 5.11 Å². The standard InChI is InChI=1S/C15H18O2/c1-4-11(10-8-6-5-7-9-10)12-13(14(16)17)15(12,2)3/h4-9,11-13H,1H2,2-3H3,(H,16,17)/t11?,12-,13-/m0/s1. The Bertz CT molecular complexity index is 433. The Morgan fingerprint density at radius 3 is 2.41 bits per heavy atom. The van der Waals surface area contributed by atoms with E-state index in [2.05, 4.69) is 6.58 Å². The van der Waals surface area contributed by atoms with Gasteiger partial charge in [0.15, 0.2) is 0 Å². The van der Waals surface area contributed by atoms with Gasteiger partial charge in [0.25, 0.3) is 0 Å². The summed E-state index contributed by atoms with van der Waals surface area (Å²) in [4.78, 5) is 11.2. The molecule has 3 atom stereocenters. The minimum Gasteiger partial charge on any atom is -0.481 e. The van der Waals surface area contributed by atoms with Crippen LogP contribution in [0.25, 0.3) is 0 Å². The van der Waals surface area contributed by atoms with Crippen molar-refractivity contribution in [2.24, 2.45) is 17.3 Å². The second-order valence-corrected chi connectivity index (χ2v) is 5.34. The van der Waals surface area contributed by atoms with Gasteiger partial charge in [0, 0.05) is 5.92 Å². The predicted molar refractivity (Wildman–Crippen MR) is 67.8 cm³/mol. The number of rotatable bonds is 4. The quantitative estimate of drug-likeness (QED) is 0.806. The van der Waals surface area contributed by atoms with E-state index in [4.69, 9.17) is 0 Å². The largest absolute Gasteiger partial charge is 0.481 e. The molecule has 90 valence electrons. The molecular weight excluding hydrogens is 212 g/mol. The number of carboxylic acid groups (broad SMARTS) is 1. The summed E-state index contributed by atoms with van der Waals surface area (Å²) in [5.41, 5.74) is 1.02. The summed E-state index contributed by atoms with van der Waals surface area (Å²) in [5, 5.41) is 9.22. The maximum atomic E-state index is 11.2. The van der Waals surface area contributed by atoms with E-state index in [1.165, 1.54) is 0 Å². The molecule has 1 saturated carbocycles. The maximum absolute atomic E-state index is 11.2. The monoisotopic (exact) mass is 230 g/mol. The molecule has 1 N–H and O–H groups in total. The SMILES string of the molecule is C=CC(c1ccccc1)[C@H]1[C@@H](C(=O)O)C1(C)C. The Morgan fingerprint density at radius 2 is 2.00 bits per heavy atom. The van der Waals surface area contributed by atoms with E-state index in [1.807, 2.05) is 50.3 Å². The average molecular weight is 230 g/mol. The van der Waals surface area contributed by atoms with Crippen LogP contribution >= 0.6 is 0 Å². The van der Waals surface area contributed by atoms with Crippen molar-refractivity contribution in [2.45, 2.75) is 19.8 Å². The molecule has 0 radical (unpaired) electrons. The zero-order valence-electron chi connectivity index (χ0n) is 10.3. The van der Waals surface area contributed by atoms with Crippen molar-refractivity contribution in [3.8, 4) is 0 Å². The number of aliphatic carboxylic acids is 1. The second kappa shape index (κ2) is 4.02. The van der Waals surface area contributed by atoms with E-state index < -0.39 is 5.97 Å². The van der Waals surface area contributed by atoms with Crippen LogP contribution in [-0.2, 0) is 4.79 Å². The van der Waals surface area contributed by atoms with Crippen molar-refractivity contribution in [2.75, 3.05) is 0 Å². The number of carboxylic acids is 1. The van der Waals surface area contributed by atoms with E-state index in [-0.39, 0.29) is 23.2 Å². The Morgan fingerprint density at radius 1 is 1.41 bits per heavy atom. The van der Waals surface area contributed by atoms with Crippen LogP contribution in [0, 0.1) is 17.3 Å². The fraction of sp³-hybridized carbons (Fsp3) is 0.400. The van der Waals surface area contributed by atoms with Gasteiger partial charge in [-0.15, -0.1) is 6.58 Å². The zero-order chi connectivity index (χ0) is 12.6. The summed E-state index contributed by atoms with van der Waals surface area (Å²) in [5.74, 6) is -0.666. The first kappa shape index (κ1) is 11.9. The number of hydrogen-bond acceptors (Lipinski definition) is 1. The van der Waals surface area contributed by atoms with Gasteiger partial charge in [-0.1, -0.05) is 50.3 Å². The van der Waals surface area contributed by atoms with Crippen LogP contribution in [0.15, 0.2) is 43.0 Å². The van der Waals surface area contributed by atoms with E-state index in [0.717, 1.165) is 5.56 Å². The number of benzene rings is 1. The fourth-order valence-electron chi connectivity index (χ4n) is 2.98. The molecule has 1 aromatic carbocycles. The summed E-state index contributed by atoms with van der Waals surface area (Å²) >= 11 is 0. The van der Waals surface area contributed by atoms with Crippen molar-refractivity contribution >= 4 is 5.97 Å². The highest BCUT2D eigenvalue weighted by Gasteiger charge is 2.64. The molecule has 1 aliphatic carbocycles. The molecule has 0 aromatic heterocycles. The van der Waals surface area contributed by atoms with Gasteiger partial charge >= 0.3 is 5.97 Å². The summed E-state index contributed by atoms with van der Waals surface area (Å²) in [6.45, 7) is 7.91. The summed E-state index contributed by atoms with van der Waals surface area (Å²) < 4.78 is 0. The van der Waals surface area contributed by atoms with Crippen LogP contribution in [0.3, 0.4) is 0 Å². The number of hydrogen-bond donors (Lipinski definition) is 1. The molecule has 0 spiro atoms. The van der Waals surface area contributed by atoms with E-state index in [9.17, 15) is 9.90 Å². The molecule has 1 unspecified atom stereocenters. The molecule has 2 rings (SSSR count). The van der Waals surface area contributed by atoms with Crippen molar-refractivity contribution in [1.82, 2.24) is 0 Å². The second-order valence-electron chi connectivity index (χ2n) is 5.34. The van der Waals surface area contributed by atoms with Crippen molar-refractivity contribution in [1.29, 1.82) is 0 Å². The topological polar surface area (TPSA) is 37.3 Å². The third-order valence-corrected chi connectivity index (χ3v) is 4.00. The third kappa shape index (κ3) is 1.88. The Balaban J connectivity index is 2.28. The highest BCUT2D eigenvalue weighted by atomic mass is 16.4. The lowest BCUT2D eigenvalue weighted by Gasteiger charge is -2.14. The van der Waals surface area contributed by atoms with Crippen molar-refractivity contribution in [3.05, 3.63) is 48.6 Å². The molecular formula is C15H18O2. The van der Waals surface area contributed by atoms with Crippen molar-refractivity contribution in [3.63, 3.8) is 0 Å². The Kier molecular flexibility index (Phi) is 2.82. The van der Waals surface area contributed by atoms with Crippen LogP contribution in [-0.4, -0.2) is 11.1 Å². The lowest BCUT2D eigenvalue weighted by Crippen LogP contribution is -2.05. The zero-order valence-corrected chi connectivity index (χ0v) is 10.3. The molecule has 0 amide bonds. The minimum absolute atomic E-state index is 0.132. The van der Waals surface area contributed by atoms with Crippen LogP contribution in [0.4, 0.5) is 0 Å². The van der Waals surface area contributed by atoms with Gasteiger partial charge in [-0.3, -0.25) is 4.79 Å². The molecule has 0 bridgehead atoms. The van der Waals surface area contributed by atoms with Crippen LogP contribution in [0.5, 0.6) is 0 Å². The molecule has 0 heterocycles. The minimum atomic E-state index is -0.692. The van der Waals surface area contributed by atoms with Crippen LogP contribution in [0.1, 0.15) is 25.3 Å². The summed E-state index contributed by atoms with van der Waals surface area (Å²) in [6, 6.07) is 10.0. The molecule has 2 heteroatoms. The lowest BCUT2D eigenvalue weighted by atomic mass is 9.90. The Labute approximate surface area is 102 Å². The smallest absolute Gasteiger partial charge is 0.307 e. The van der Waals surface area contributed by atoms with E-state index >= 15 is 0 Å². The van der Waals surface area contributed by atoms with Crippen LogP contribution < -0.4 is 0 Å². The summed E-state index contributed by atoms with van der Waals surface area (Å²) in [7, 11) is 0. The maximum Gasteiger partial charge on any atom is 0.307 e. The molecule has 0 aliphatic heterocycles. The average Bonchev–Trinajstić information content (AvgIpc) is 2.84. The van der Waals surface area contributed by atoms with Gasteiger partial charge in [-0.05, 0) is 16.9 Å². The first-order valence-electron chi connectivity index (χ1n) is 5.90. The van der Waals surface area contributed by atoms with Gasteiger partial charge in [0.05, 0.1) is 5.92 Å². The van der Waals surface area contributed by atoms with E-state index in [0.29, 0.717) is 0 Å². The molecule has 17 heavy (non-hydrogen) atoms. The molecule has 0 saturated heterocycles. The van der Waals surface area contributed by atoms with Gasteiger partial charge in [0.2, 0.25) is 0 Å². The third-order valence-electron chi connectivity index (χ3n) is 4.00. The van der Waals surface area contributed by atoms with Crippen molar-refractivity contribution < 1.29 is 9.90 Å². The van der Waals surface area contributed by atoms with Gasteiger partial charge in [-0.25, -0.2) is 0 Å². The number of carbonyl (C=O) groups is 1. The fourth-order valence-corrected chi connectivity index (χ4v) is 2.98. The predicted octanol–water partition coefficient (Wildman–Crippen LogP) is 3.31. The Hall–Kier alpha value is -1.57. The first-order chi connectivity index (χ1) is 8.00. The molecule has 1 aromatic rings. The first-order valence-corrected chi connectivity index (χ1v) is 5.90. The molecule has 2 nitrogen and oxygen atoms in total. The molecule has 1 aliphatic rings. The number of allylic oxidation sites excluding steroid dienone is 1. The highest BCUT2D eigenvalue weighted by Crippen LogP contribution is 2.64. The van der Waals surface area contributed by atoms with Gasteiger partial charge in [0.1, 0.15) is 0 Å². The highest BCUT2D eigenvalue weighted by molar-refractivity contribution is 5.76. The van der Waals surface area contributed by atoms with Crippen LogP contribution in [0.2, 0.25) is 0 Å². The van der Waals surface area contributed by atoms with Gasteiger partial charge in [-0.2, -0.15) is 0 Å².